The number of nitrogens with zero attached hydrogens (tertiary/aromatic N) is 5. The summed E-state index contributed by atoms with van der Waals surface area (Å²) in [4.78, 5) is 10.5. The third-order valence-electron chi connectivity index (χ3n) is 6.59. The van der Waals surface area contributed by atoms with Crippen LogP contribution in [0.2, 0.25) is 0 Å². The molecule has 0 fully saturated rings. The van der Waals surface area contributed by atoms with Crippen LogP contribution in [0.15, 0.2) is 67.5 Å². The van der Waals surface area contributed by atoms with Crippen molar-refractivity contribution in [3.05, 3.63) is 95.9 Å². The van der Waals surface area contributed by atoms with Crippen molar-refractivity contribution in [2.45, 2.75) is 19.8 Å². The molecule has 0 saturated heterocycles. The number of hydrogen-bond donors (Lipinski definition) is 2. The van der Waals surface area contributed by atoms with Crippen LogP contribution in [-0.4, -0.2) is 55.5 Å². The molecular formula is C30H32FN7. The zero-order valence-corrected chi connectivity index (χ0v) is 22.2. The number of aromatic amines is 2. The van der Waals surface area contributed by atoms with E-state index in [1.54, 1.807) is 22.9 Å². The highest BCUT2D eigenvalue weighted by atomic mass is 19.1. The Balaban J connectivity index is 1.52. The maximum absolute atomic E-state index is 14.7. The summed E-state index contributed by atoms with van der Waals surface area (Å²) >= 11 is 0. The SMILES string of the molecule is C=C/C=C(/c1cc(F)cc(CCCN(C)C)c1)c1nc(-c2n[nH]c3ccc(-c4cnn(C)c4)cc23)[nH]c1C. The van der Waals surface area contributed by atoms with Gasteiger partial charge in [-0.05, 0) is 81.4 Å². The molecule has 0 unspecified atom stereocenters. The van der Waals surface area contributed by atoms with E-state index in [1.807, 2.05) is 64.7 Å². The second-order valence-corrected chi connectivity index (χ2v) is 9.87. The standard InChI is InChI=1S/C30H32FN7/c1-6-8-25(22-13-20(14-24(31)15-22)9-7-12-37(3)4)28-19(2)33-30(34-28)29-26-16-21(10-11-27(26)35-36-29)23-17-32-38(5)18-23/h6,8,10-11,13-18H,1,7,9,12H2,2-5H3,(H,33,34)(H,35,36)/b25-8-. The van der Waals surface area contributed by atoms with Crippen LogP contribution in [0.3, 0.4) is 0 Å². The molecule has 194 valence electrons. The molecule has 0 amide bonds. The molecule has 38 heavy (non-hydrogen) atoms. The summed E-state index contributed by atoms with van der Waals surface area (Å²) in [5.41, 5.74) is 7.87. The Hall–Kier alpha value is -4.30. The molecule has 2 aromatic carbocycles. The second-order valence-electron chi connectivity index (χ2n) is 9.87. The lowest BCUT2D eigenvalue weighted by Crippen LogP contribution is -2.13. The lowest BCUT2D eigenvalue weighted by Gasteiger charge is -2.11. The average Bonchev–Trinajstić information content (AvgIpc) is 3.59. The fourth-order valence-electron chi connectivity index (χ4n) is 4.76. The van der Waals surface area contributed by atoms with Gasteiger partial charge in [0.2, 0.25) is 0 Å². The van der Waals surface area contributed by atoms with E-state index in [0.29, 0.717) is 5.82 Å². The Bertz CT molecular complexity index is 1630. The quantitative estimate of drug-likeness (QED) is 0.242. The minimum atomic E-state index is -0.257. The number of halogens is 1. The first-order chi connectivity index (χ1) is 18.3. The number of nitrogens with one attached hydrogen (secondary N) is 2. The highest BCUT2D eigenvalue weighted by molar-refractivity contribution is 5.94. The highest BCUT2D eigenvalue weighted by Crippen LogP contribution is 2.32. The first-order valence-corrected chi connectivity index (χ1v) is 12.6. The third kappa shape index (κ3) is 5.21. The van der Waals surface area contributed by atoms with E-state index in [4.69, 9.17) is 4.98 Å². The minimum Gasteiger partial charge on any atom is -0.340 e. The smallest absolute Gasteiger partial charge is 0.159 e. The van der Waals surface area contributed by atoms with Crippen molar-refractivity contribution in [1.82, 2.24) is 34.8 Å². The molecule has 0 aliphatic rings. The zero-order valence-electron chi connectivity index (χ0n) is 22.2. The van der Waals surface area contributed by atoms with Gasteiger partial charge in [0.25, 0.3) is 0 Å². The summed E-state index contributed by atoms with van der Waals surface area (Å²) in [7, 11) is 5.99. The Morgan fingerprint density at radius 1 is 1.16 bits per heavy atom. The van der Waals surface area contributed by atoms with Gasteiger partial charge in [0.05, 0.1) is 17.4 Å². The summed E-state index contributed by atoms with van der Waals surface area (Å²) in [5.74, 6) is 0.386. The first-order valence-electron chi connectivity index (χ1n) is 12.6. The Morgan fingerprint density at radius 3 is 2.74 bits per heavy atom. The molecule has 0 spiro atoms. The van der Waals surface area contributed by atoms with Crippen LogP contribution in [0.25, 0.3) is 39.1 Å². The maximum Gasteiger partial charge on any atom is 0.159 e. The molecule has 5 rings (SSSR count). The van der Waals surface area contributed by atoms with Crippen molar-refractivity contribution in [3.63, 3.8) is 0 Å². The Kier molecular flexibility index (Phi) is 7.07. The first kappa shape index (κ1) is 25.4. The predicted molar refractivity (Wildman–Crippen MR) is 151 cm³/mol. The summed E-state index contributed by atoms with van der Waals surface area (Å²) in [5, 5.41) is 12.9. The van der Waals surface area contributed by atoms with Crippen molar-refractivity contribution in [2.24, 2.45) is 7.05 Å². The number of aryl methyl sites for hydroxylation is 3. The van der Waals surface area contributed by atoms with E-state index in [9.17, 15) is 4.39 Å². The number of benzene rings is 2. The molecule has 0 aliphatic carbocycles. The molecule has 0 radical (unpaired) electrons. The van der Waals surface area contributed by atoms with Crippen LogP contribution >= 0.6 is 0 Å². The lowest BCUT2D eigenvalue weighted by molar-refractivity contribution is 0.400. The van der Waals surface area contributed by atoms with Crippen molar-refractivity contribution in [2.75, 3.05) is 20.6 Å². The average molecular weight is 510 g/mol. The van der Waals surface area contributed by atoms with E-state index in [-0.39, 0.29) is 5.82 Å². The number of rotatable bonds is 9. The molecule has 3 heterocycles. The van der Waals surface area contributed by atoms with E-state index in [0.717, 1.165) is 75.2 Å². The number of allylic oxidation sites excluding steroid dienone is 2. The molecule has 7 nitrogen and oxygen atoms in total. The molecule has 5 aromatic rings. The van der Waals surface area contributed by atoms with Crippen molar-refractivity contribution < 1.29 is 4.39 Å². The largest absolute Gasteiger partial charge is 0.340 e. The van der Waals surface area contributed by atoms with Gasteiger partial charge in [0, 0.05) is 35.5 Å². The van der Waals surface area contributed by atoms with Gasteiger partial charge in [-0.15, -0.1) is 0 Å². The van der Waals surface area contributed by atoms with Gasteiger partial charge in [-0.2, -0.15) is 10.2 Å². The lowest BCUT2D eigenvalue weighted by atomic mass is 9.97. The van der Waals surface area contributed by atoms with Gasteiger partial charge in [-0.3, -0.25) is 9.78 Å². The second kappa shape index (κ2) is 10.6. The number of imidazole rings is 1. The number of H-pyrrole nitrogens is 2. The fourth-order valence-corrected chi connectivity index (χ4v) is 4.76. The monoisotopic (exact) mass is 509 g/mol. The zero-order chi connectivity index (χ0) is 26.8. The molecule has 0 aliphatic heterocycles. The van der Waals surface area contributed by atoms with E-state index < -0.39 is 0 Å². The van der Waals surface area contributed by atoms with Gasteiger partial charge in [-0.1, -0.05) is 30.9 Å². The van der Waals surface area contributed by atoms with Gasteiger partial charge in [0.15, 0.2) is 5.82 Å². The van der Waals surface area contributed by atoms with Crippen LogP contribution in [0.5, 0.6) is 0 Å². The molecule has 2 N–H and O–H groups in total. The van der Waals surface area contributed by atoms with Crippen LogP contribution < -0.4 is 0 Å². The topological polar surface area (TPSA) is 78.4 Å². The van der Waals surface area contributed by atoms with Crippen molar-refractivity contribution in [1.29, 1.82) is 0 Å². The predicted octanol–water partition coefficient (Wildman–Crippen LogP) is 5.91. The fraction of sp³-hybridized carbons (Fsp3) is 0.233. The van der Waals surface area contributed by atoms with Crippen LogP contribution in [0.1, 0.15) is 28.9 Å². The van der Waals surface area contributed by atoms with Crippen LogP contribution in [0.4, 0.5) is 4.39 Å². The van der Waals surface area contributed by atoms with E-state index >= 15 is 0 Å². The molecule has 0 atom stereocenters. The van der Waals surface area contributed by atoms with E-state index in [2.05, 4.69) is 37.8 Å². The Labute approximate surface area is 221 Å². The molecule has 3 aromatic heterocycles. The van der Waals surface area contributed by atoms with Crippen molar-refractivity contribution >= 4 is 16.5 Å². The summed E-state index contributed by atoms with van der Waals surface area (Å²) in [6.45, 7) is 6.81. The van der Waals surface area contributed by atoms with Gasteiger partial charge in [-0.25, -0.2) is 9.37 Å². The van der Waals surface area contributed by atoms with E-state index in [1.165, 1.54) is 0 Å². The van der Waals surface area contributed by atoms with Crippen LogP contribution in [0, 0.1) is 12.7 Å². The van der Waals surface area contributed by atoms with Crippen LogP contribution in [-0.2, 0) is 13.5 Å². The highest BCUT2D eigenvalue weighted by Gasteiger charge is 2.19. The number of hydrogen-bond acceptors (Lipinski definition) is 4. The Morgan fingerprint density at radius 2 is 2.00 bits per heavy atom. The van der Waals surface area contributed by atoms with Gasteiger partial charge in [0.1, 0.15) is 11.5 Å². The number of fused-ring (bicyclic) bond motifs is 1. The summed E-state index contributed by atoms with van der Waals surface area (Å²) < 4.78 is 16.5. The van der Waals surface area contributed by atoms with Crippen molar-refractivity contribution in [3.8, 4) is 22.6 Å². The normalized spacial score (nSPS) is 12.1. The minimum absolute atomic E-state index is 0.257. The maximum atomic E-state index is 14.7. The number of aromatic nitrogens is 6. The molecule has 0 bridgehead atoms. The third-order valence-corrected chi connectivity index (χ3v) is 6.59. The summed E-state index contributed by atoms with van der Waals surface area (Å²) in [6, 6.07) is 11.4. The summed E-state index contributed by atoms with van der Waals surface area (Å²) in [6.07, 6.45) is 9.17. The molecule has 8 heteroatoms. The van der Waals surface area contributed by atoms with Gasteiger partial charge >= 0.3 is 0 Å². The molecule has 0 saturated carbocycles. The van der Waals surface area contributed by atoms with Gasteiger partial charge < -0.3 is 9.88 Å². The molecular weight excluding hydrogens is 477 g/mol.